The maximum absolute atomic E-state index is 5.61. The van der Waals surface area contributed by atoms with Crippen LogP contribution in [0.3, 0.4) is 0 Å². The van der Waals surface area contributed by atoms with E-state index in [4.69, 9.17) is 4.74 Å². The standard InChI is InChI=1S/C13H24N2OS/c1-10(2)12-6-9-17-13(15-12)14-7-5-11-4-3-8-16-11/h10-12H,3-9H2,1-2H3,(H,14,15). The summed E-state index contributed by atoms with van der Waals surface area (Å²) in [7, 11) is 0. The number of hydrogen-bond donors (Lipinski definition) is 1. The maximum atomic E-state index is 5.61. The predicted molar refractivity (Wildman–Crippen MR) is 74.7 cm³/mol. The molecule has 2 heterocycles. The number of hydrogen-bond acceptors (Lipinski definition) is 3. The van der Waals surface area contributed by atoms with Gasteiger partial charge in [0.15, 0.2) is 5.17 Å². The molecule has 0 bridgehead atoms. The molecular formula is C13H24N2OS. The van der Waals surface area contributed by atoms with E-state index in [2.05, 4.69) is 24.2 Å². The first-order chi connectivity index (χ1) is 8.25. The minimum absolute atomic E-state index is 0.467. The summed E-state index contributed by atoms with van der Waals surface area (Å²) in [5.41, 5.74) is 0. The Morgan fingerprint density at radius 1 is 1.47 bits per heavy atom. The van der Waals surface area contributed by atoms with Gasteiger partial charge in [-0.15, -0.1) is 0 Å². The summed E-state index contributed by atoms with van der Waals surface area (Å²) in [4.78, 5) is 4.67. The van der Waals surface area contributed by atoms with Crippen LogP contribution in [0.1, 0.15) is 39.5 Å². The van der Waals surface area contributed by atoms with Gasteiger partial charge in [-0.1, -0.05) is 25.6 Å². The number of rotatable bonds is 4. The monoisotopic (exact) mass is 256 g/mol. The molecule has 2 unspecified atom stereocenters. The third-order valence-electron chi connectivity index (χ3n) is 3.51. The van der Waals surface area contributed by atoms with Crippen LogP contribution >= 0.6 is 11.8 Å². The molecule has 4 heteroatoms. The van der Waals surface area contributed by atoms with Gasteiger partial charge in [-0.05, 0) is 31.6 Å². The third kappa shape index (κ3) is 4.18. The highest BCUT2D eigenvalue weighted by Crippen LogP contribution is 2.19. The van der Waals surface area contributed by atoms with Crippen LogP contribution < -0.4 is 5.32 Å². The highest BCUT2D eigenvalue weighted by molar-refractivity contribution is 8.13. The molecule has 0 aromatic rings. The second kappa shape index (κ2) is 6.64. The molecule has 3 nitrogen and oxygen atoms in total. The lowest BCUT2D eigenvalue weighted by Crippen LogP contribution is -2.41. The molecule has 2 rings (SSSR count). The first-order valence-corrected chi connectivity index (χ1v) is 7.79. The zero-order valence-electron chi connectivity index (χ0n) is 10.9. The van der Waals surface area contributed by atoms with E-state index < -0.39 is 0 Å². The van der Waals surface area contributed by atoms with Gasteiger partial charge >= 0.3 is 0 Å². The molecule has 1 N–H and O–H groups in total. The number of ether oxygens (including phenoxy) is 1. The highest BCUT2D eigenvalue weighted by atomic mass is 32.2. The minimum atomic E-state index is 0.467. The third-order valence-corrected chi connectivity index (χ3v) is 4.47. The lowest BCUT2D eigenvalue weighted by atomic mass is 10.0. The molecule has 0 aromatic heterocycles. The maximum Gasteiger partial charge on any atom is 0.156 e. The largest absolute Gasteiger partial charge is 0.378 e. The van der Waals surface area contributed by atoms with E-state index in [-0.39, 0.29) is 0 Å². The fourth-order valence-corrected chi connectivity index (χ4v) is 3.31. The summed E-state index contributed by atoms with van der Waals surface area (Å²) in [5.74, 6) is 1.90. The van der Waals surface area contributed by atoms with Gasteiger partial charge in [0.25, 0.3) is 0 Å². The quantitative estimate of drug-likeness (QED) is 0.839. The second-order valence-electron chi connectivity index (χ2n) is 5.24. The van der Waals surface area contributed by atoms with Crippen LogP contribution in [-0.4, -0.2) is 36.2 Å². The normalized spacial score (nSPS) is 32.1. The van der Waals surface area contributed by atoms with Crippen LogP contribution in [0, 0.1) is 5.92 Å². The number of nitrogens with zero attached hydrogens (tertiary/aromatic N) is 1. The first-order valence-electron chi connectivity index (χ1n) is 6.81. The molecule has 0 aromatic carbocycles. The number of amidine groups is 1. The van der Waals surface area contributed by atoms with E-state index in [1.807, 2.05) is 11.8 Å². The Morgan fingerprint density at radius 3 is 3.06 bits per heavy atom. The molecule has 2 aliphatic heterocycles. The second-order valence-corrected chi connectivity index (χ2v) is 6.33. The summed E-state index contributed by atoms with van der Waals surface area (Å²) in [6.07, 6.45) is 5.25. The zero-order chi connectivity index (χ0) is 12.1. The molecule has 98 valence electrons. The summed E-state index contributed by atoms with van der Waals surface area (Å²) in [5, 5.41) is 4.70. The van der Waals surface area contributed by atoms with Gasteiger partial charge in [0.05, 0.1) is 6.10 Å². The number of thioether (sulfide) groups is 1. The molecule has 0 spiro atoms. The van der Waals surface area contributed by atoms with Gasteiger partial charge in [-0.2, -0.15) is 0 Å². The van der Waals surface area contributed by atoms with Crippen LogP contribution in [-0.2, 0) is 4.74 Å². The molecule has 0 amide bonds. The topological polar surface area (TPSA) is 33.6 Å². The van der Waals surface area contributed by atoms with E-state index in [0.717, 1.165) is 24.7 Å². The van der Waals surface area contributed by atoms with E-state index in [0.29, 0.717) is 18.1 Å². The van der Waals surface area contributed by atoms with Crippen molar-refractivity contribution in [2.45, 2.75) is 51.7 Å². The van der Waals surface area contributed by atoms with E-state index >= 15 is 0 Å². The number of nitrogens with one attached hydrogen (secondary N) is 1. The van der Waals surface area contributed by atoms with Crippen molar-refractivity contribution >= 4 is 16.9 Å². The van der Waals surface area contributed by atoms with E-state index in [1.165, 1.54) is 25.0 Å². The van der Waals surface area contributed by atoms with Gasteiger partial charge < -0.3 is 10.1 Å². The fraction of sp³-hybridized carbons (Fsp3) is 0.923. The van der Waals surface area contributed by atoms with Crippen LogP contribution in [0.5, 0.6) is 0 Å². The van der Waals surface area contributed by atoms with Crippen molar-refractivity contribution in [3.63, 3.8) is 0 Å². The summed E-state index contributed by atoms with van der Waals surface area (Å²) >= 11 is 1.86. The number of aliphatic imine (C=N–C) groups is 1. The van der Waals surface area contributed by atoms with Crippen molar-refractivity contribution in [1.29, 1.82) is 0 Å². The Balaban J connectivity index is 1.72. The van der Waals surface area contributed by atoms with Gasteiger partial charge in [0.2, 0.25) is 0 Å². The molecule has 0 aliphatic carbocycles. The molecule has 0 saturated carbocycles. The van der Waals surface area contributed by atoms with Crippen LogP contribution in [0.2, 0.25) is 0 Å². The van der Waals surface area contributed by atoms with Crippen LogP contribution in [0.15, 0.2) is 4.99 Å². The first kappa shape index (κ1) is 13.2. The highest BCUT2D eigenvalue weighted by Gasteiger charge is 2.20. The van der Waals surface area contributed by atoms with Crippen molar-refractivity contribution in [1.82, 2.24) is 5.32 Å². The van der Waals surface area contributed by atoms with E-state index in [1.54, 1.807) is 0 Å². The average molecular weight is 256 g/mol. The molecule has 2 atom stereocenters. The molecular weight excluding hydrogens is 232 g/mol. The van der Waals surface area contributed by atoms with E-state index in [9.17, 15) is 0 Å². The molecule has 2 aliphatic rings. The summed E-state index contributed by atoms with van der Waals surface area (Å²) in [6, 6.07) is 0.609. The SMILES string of the molecule is CC(C)C1CCSC(=NCCC2CCCO2)N1. The van der Waals surface area contributed by atoms with Crippen molar-refractivity contribution in [3.05, 3.63) is 0 Å². The predicted octanol–water partition coefficient (Wildman–Crippen LogP) is 2.66. The average Bonchev–Trinajstić information content (AvgIpc) is 2.82. The Labute approximate surface area is 109 Å². The summed E-state index contributed by atoms with van der Waals surface area (Å²) in [6.45, 7) is 6.41. The smallest absolute Gasteiger partial charge is 0.156 e. The van der Waals surface area contributed by atoms with Crippen molar-refractivity contribution in [2.24, 2.45) is 10.9 Å². The van der Waals surface area contributed by atoms with Gasteiger partial charge in [-0.25, -0.2) is 0 Å². The molecule has 0 radical (unpaired) electrons. The van der Waals surface area contributed by atoms with Gasteiger partial charge in [-0.3, -0.25) is 4.99 Å². The van der Waals surface area contributed by atoms with Gasteiger partial charge in [0.1, 0.15) is 0 Å². The Bertz CT molecular complexity index is 262. The summed E-state index contributed by atoms with van der Waals surface area (Å²) < 4.78 is 5.61. The van der Waals surface area contributed by atoms with Gasteiger partial charge in [0, 0.05) is 24.9 Å². The minimum Gasteiger partial charge on any atom is -0.378 e. The van der Waals surface area contributed by atoms with Crippen LogP contribution in [0.4, 0.5) is 0 Å². The molecule has 2 fully saturated rings. The van der Waals surface area contributed by atoms with Crippen molar-refractivity contribution < 1.29 is 4.74 Å². The van der Waals surface area contributed by atoms with Crippen molar-refractivity contribution in [2.75, 3.05) is 18.9 Å². The van der Waals surface area contributed by atoms with Crippen LogP contribution in [0.25, 0.3) is 0 Å². The van der Waals surface area contributed by atoms with Crippen molar-refractivity contribution in [3.8, 4) is 0 Å². The Kier molecular flexibility index (Phi) is 5.16. The molecule has 17 heavy (non-hydrogen) atoms. The fourth-order valence-electron chi connectivity index (χ4n) is 2.33. The Morgan fingerprint density at radius 2 is 2.35 bits per heavy atom. The lowest BCUT2D eigenvalue weighted by Gasteiger charge is -2.28. The Hall–Kier alpha value is -0.220. The zero-order valence-corrected chi connectivity index (χ0v) is 11.8. The lowest BCUT2D eigenvalue weighted by molar-refractivity contribution is 0.106. The molecule has 2 saturated heterocycles.